The van der Waals surface area contributed by atoms with Gasteiger partial charge in [0.25, 0.3) is 5.91 Å². The number of halogens is 2. The number of nitrogens with one attached hydrogen (secondary N) is 2. The highest BCUT2D eigenvalue weighted by molar-refractivity contribution is 7.21. The van der Waals surface area contributed by atoms with Crippen LogP contribution in [-0.2, 0) is 6.42 Å². The molecule has 0 spiro atoms. The first-order chi connectivity index (χ1) is 14.8. The number of hydrogen-bond acceptors (Lipinski definition) is 6. The van der Waals surface area contributed by atoms with Crippen molar-refractivity contribution in [3.63, 3.8) is 0 Å². The summed E-state index contributed by atoms with van der Waals surface area (Å²) in [6, 6.07) is 6.38. The minimum Gasteiger partial charge on any atom is -0.397 e. The fraction of sp³-hybridized carbons (Fsp3) is 0.364. The third kappa shape index (κ3) is 4.47. The van der Waals surface area contributed by atoms with Crippen LogP contribution >= 0.6 is 11.3 Å². The lowest BCUT2D eigenvalue weighted by atomic mass is 10.1. The van der Waals surface area contributed by atoms with Gasteiger partial charge in [0.1, 0.15) is 21.3 Å². The Kier molecular flexibility index (Phi) is 6.06. The number of thiophene rings is 1. The number of anilines is 2. The first-order valence-electron chi connectivity index (χ1n) is 10.2. The molecule has 0 aliphatic carbocycles. The second-order valence-corrected chi connectivity index (χ2v) is 8.85. The van der Waals surface area contributed by atoms with Gasteiger partial charge in [-0.25, -0.2) is 13.8 Å². The van der Waals surface area contributed by atoms with E-state index >= 15 is 0 Å². The topological polar surface area (TPSA) is 83.3 Å². The van der Waals surface area contributed by atoms with Gasteiger partial charge in [-0.2, -0.15) is 0 Å². The van der Waals surface area contributed by atoms with Crippen molar-refractivity contribution in [2.75, 3.05) is 36.8 Å². The van der Waals surface area contributed by atoms with Gasteiger partial charge < -0.3 is 21.3 Å². The molecule has 0 saturated carbocycles. The van der Waals surface area contributed by atoms with E-state index in [4.69, 9.17) is 5.73 Å². The SMILES string of the molecule is Cc1ccc2c(N)c(C(=O)NCCc3cc(F)c(N4CCN[C@H](C)C4)cc3F)sc2n1. The number of pyridine rings is 1. The number of benzene rings is 1. The van der Waals surface area contributed by atoms with Gasteiger partial charge in [-0.1, -0.05) is 0 Å². The molecular formula is C22H25F2N5OS. The van der Waals surface area contributed by atoms with E-state index in [1.807, 2.05) is 30.9 Å². The molecule has 164 valence electrons. The fourth-order valence-corrected chi connectivity index (χ4v) is 4.87. The summed E-state index contributed by atoms with van der Waals surface area (Å²) in [5.74, 6) is -1.27. The second-order valence-electron chi connectivity index (χ2n) is 7.85. The van der Waals surface area contributed by atoms with E-state index in [9.17, 15) is 13.6 Å². The zero-order valence-corrected chi connectivity index (χ0v) is 18.3. The van der Waals surface area contributed by atoms with Crippen molar-refractivity contribution in [3.8, 4) is 0 Å². The van der Waals surface area contributed by atoms with E-state index in [0.717, 1.165) is 17.6 Å². The highest BCUT2D eigenvalue weighted by atomic mass is 32.1. The molecule has 1 amide bonds. The summed E-state index contributed by atoms with van der Waals surface area (Å²) in [6.07, 6.45) is 0.175. The molecule has 31 heavy (non-hydrogen) atoms. The first-order valence-corrected chi connectivity index (χ1v) is 11.0. The standard InChI is InChI=1S/C22H25F2N5OS/c1-12-3-4-15-19(25)20(31-22(15)28-12)21(30)27-6-5-14-9-17(24)18(10-16(14)23)29-8-7-26-13(2)11-29/h3-4,9-10,13,26H,5-8,11,25H2,1-2H3,(H,27,30)/t13-/m1/s1. The van der Waals surface area contributed by atoms with Gasteiger partial charge in [-0.05, 0) is 44.0 Å². The molecule has 6 nitrogen and oxygen atoms in total. The second kappa shape index (κ2) is 8.76. The van der Waals surface area contributed by atoms with Gasteiger partial charge in [0.15, 0.2) is 0 Å². The maximum Gasteiger partial charge on any atom is 0.263 e. The average molecular weight is 446 g/mol. The molecule has 2 aromatic heterocycles. The molecule has 3 heterocycles. The quantitative estimate of drug-likeness (QED) is 0.562. The van der Waals surface area contributed by atoms with Crippen LogP contribution in [0.2, 0.25) is 0 Å². The summed E-state index contributed by atoms with van der Waals surface area (Å²) in [7, 11) is 0. The van der Waals surface area contributed by atoms with Gasteiger partial charge in [-0.3, -0.25) is 4.79 Å². The zero-order valence-electron chi connectivity index (χ0n) is 17.5. The molecule has 4 rings (SSSR count). The number of amides is 1. The number of piperazine rings is 1. The maximum atomic E-state index is 14.7. The van der Waals surface area contributed by atoms with Crippen molar-refractivity contribution in [2.45, 2.75) is 26.3 Å². The Morgan fingerprint density at radius 1 is 1.35 bits per heavy atom. The van der Waals surface area contributed by atoms with Gasteiger partial charge >= 0.3 is 0 Å². The smallest absolute Gasteiger partial charge is 0.263 e. The highest BCUT2D eigenvalue weighted by Crippen LogP contribution is 2.32. The molecular weight excluding hydrogens is 420 g/mol. The Hall–Kier alpha value is -2.78. The van der Waals surface area contributed by atoms with Crippen molar-refractivity contribution >= 4 is 38.8 Å². The Labute approximate surface area is 183 Å². The lowest BCUT2D eigenvalue weighted by Crippen LogP contribution is -2.49. The molecule has 1 fully saturated rings. The first kappa shape index (κ1) is 21.5. The fourth-order valence-electron chi connectivity index (χ4n) is 3.81. The number of nitrogen functional groups attached to an aromatic ring is 1. The van der Waals surface area contributed by atoms with E-state index in [1.54, 1.807) is 0 Å². The van der Waals surface area contributed by atoms with Crippen LogP contribution in [0.15, 0.2) is 24.3 Å². The normalized spacial score (nSPS) is 16.6. The third-order valence-electron chi connectivity index (χ3n) is 5.44. The van der Waals surface area contributed by atoms with Crippen molar-refractivity contribution in [2.24, 2.45) is 0 Å². The monoisotopic (exact) mass is 445 g/mol. The van der Waals surface area contributed by atoms with Gasteiger partial charge in [0, 0.05) is 49.4 Å². The van der Waals surface area contributed by atoms with Gasteiger partial charge in [0.05, 0.1) is 11.4 Å². The van der Waals surface area contributed by atoms with Crippen LogP contribution in [0.1, 0.15) is 27.9 Å². The van der Waals surface area contributed by atoms with E-state index in [1.165, 1.54) is 23.5 Å². The van der Waals surface area contributed by atoms with E-state index in [2.05, 4.69) is 15.6 Å². The van der Waals surface area contributed by atoms with Crippen molar-refractivity contribution in [3.05, 3.63) is 52.0 Å². The van der Waals surface area contributed by atoms with Gasteiger partial charge in [-0.15, -0.1) is 11.3 Å². The van der Waals surface area contributed by atoms with Crippen molar-refractivity contribution in [1.29, 1.82) is 0 Å². The van der Waals surface area contributed by atoms with E-state index in [0.29, 0.717) is 28.5 Å². The van der Waals surface area contributed by atoms with Crippen LogP contribution in [0, 0.1) is 18.6 Å². The molecule has 1 aromatic carbocycles. The van der Waals surface area contributed by atoms with Gasteiger partial charge in [0.2, 0.25) is 0 Å². The minimum absolute atomic E-state index is 0.166. The summed E-state index contributed by atoms with van der Waals surface area (Å²) in [5, 5.41) is 6.78. The van der Waals surface area contributed by atoms with Crippen LogP contribution in [0.25, 0.3) is 10.2 Å². The number of aromatic nitrogens is 1. The molecule has 0 radical (unpaired) electrons. The number of nitrogens with two attached hydrogens (primary N) is 1. The third-order valence-corrected chi connectivity index (χ3v) is 6.56. The van der Waals surface area contributed by atoms with E-state index < -0.39 is 11.6 Å². The van der Waals surface area contributed by atoms with Crippen LogP contribution in [-0.4, -0.2) is 43.1 Å². The van der Waals surface area contributed by atoms with Crippen molar-refractivity contribution < 1.29 is 13.6 Å². The summed E-state index contributed by atoms with van der Waals surface area (Å²) in [4.78, 5) is 19.9. The van der Waals surface area contributed by atoms with E-state index in [-0.39, 0.29) is 36.2 Å². The van der Waals surface area contributed by atoms with Crippen LogP contribution in [0.5, 0.6) is 0 Å². The average Bonchev–Trinajstić information content (AvgIpc) is 3.06. The molecule has 4 N–H and O–H groups in total. The summed E-state index contributed by atoms with van der Waals surface area (Å²) < 4.78 is 29.3. The Balaban J connectivity index is 1.42. The van der Waals surface area contributed by atoms with Crippen LogP contribution < -0.4 is 21.3 Å². The Morgan fingerprint density at radius 2 is 2.16 bits per heavy atom. The molecule has 0 unspecified atom stereocenters. The number of nitrogens with zero attached hydrogens (tertiary/aromatic N) is 2. The number of rotatable bonds is 5. The highest BCUT2D eigenvalue weighted by Gasteiger charge is 2.21. The van der Waals surface area contributed by atoms with Crippen LogP contribution in [0.3, 0.4) is 0 Å². The summed E-state index contributed by atoms with van der Waals surface area (Å²) in [5.41, 5.74) is 7.84. The van der Waals surface area contributed by atoms with Crippen molar-refractivity contribution in [1.82, 2.24) is 15.6 Å². The maximum absolute atomic E-state index is 14.7. The number of aryl methyl sites for hydroxylation is 1. The molecule has 1 aliphatic heterocycles. The number of carbonyl (C=O) groups is 1. The predicted octanol–water partition coefficient (Wildman–Crippen LogP) is 3.24. The molecule has 1 saturated heterocycles. The Bertz CT molecular complexity index is 1130. The molecule has 1 aliphatic rings. The number of fused-ring (bicyclic) bond motifs is 1. The molecule has 3 aromatic rings. The van der Waals surface area contributed by atoms with Crippen LogP contribution in [0.4, 0.5) is 20.2 Å². The number of carbonyl (C=O) groups excluding carboxylic acids is 1. The lowest BCUT2D eigenvalue weighted by molar-refractivity contribution is 0.0959. The minimum atomic E-state index is -0.474. The summed E-state index contributed by atoms with van der Waals surface area (Å²) in [6.45, 7) is 6.03. The largest absolute Gasteiger partial charge is 0.397 e. The molecule has 9 heteroatoms. The zero-order chi connectivity index (χ0) is 22.1. The molecule has 0 bridgehead atoms. The Morgan fingerprint density at radius 3 is 2.94 bits per heavy atom. The predicted molar refractivity (Wildman–Crippen MR) is 121 cm³/mol. The molecule has 1 atom stereocenters. The summed E-state index contributed by atoms with van der Waals surface area (Å²) >= 11 is 1.22. The lowest BCUT2D eigenvalue weighted by Gasteiger charge is -2.34. The number of hydrogen-bond donors (Lipinski definition) is 3.